The number of amides is 1. The Kier molecular flexibility index (Phi) is 5.12. The summed E-state index contributed by atoms with van der Waals surface area (Å²) >= 11 is 0. The Labute approximate surface area is 152 Å². The number of hydrogen-bond acceptors (Lipinski definition) is 5. The van der Waals surface area contributed by atoms with E-state index >= 15 is 0 Å². The SMILES string of the molecule is CC(=O)Nc1ccc(Nc2cc(C)nc(Nc3ccc(C)cc3)n2)cc1. The van der Waals surface area contributed by atoms with Gasteiger partial charge < -0.3 is 16.0 Å². The summed E-state index contributed by atoms with van der Waals surface area (Å²) in [5, 5.41) is 9.22. The second kappa shape index (κ2) is 7.65. The van der Waals surface area contributed by atoms with Gasteiger partial charge in [-0.3, -0.25) is 4.79 Å². The summed E-state index contributed by atoms with van der Waals surface area (Å²) in [4.78, 5) is 20.0. The molecule has 3 aromatic rings. The van der Waals surface area contributed by atoms with E-state index in [0.29, 0.717) is 11.8 Å². The molecule has 3 rings (SSSR count). The number of aryl methyl sites for hydroxylation is 2. The Morgan fingerprint density at radius 3 is 2.04 bits per heavy atom. The van der Waals surface area contributed by atoms with E-state index in [2.05, 4.69) is 25.9 Å². The van der Waals surface area contributed by atoms with E-state index in [9.17, 15) is 4.79 Å². The number of hydrogen-bond donors (Lipinski definition) is 3. The standard InChI is InChI=1S/C20H21N5O/c1-13-4-6-18(7-5-13)24-20-21-14(2)12-19(25-20)23-17-10-8-16(9-11-17)22-15(3)26/h4-12H,1-3H3,(H,22,26)(H2,21,23,24,25). The predicted molar refractivity (Wildman–Crippen MR) is 105 cm³/mol. The van der Waals surface area contributed by atoms with E-state index in [1.807, 2.05) is 68.4 Å². The van der Waals surface area contributed by atoms with Crippen LogP contribution in [0.5, 0.6) is 0 Å². The van der Waals surface area contributed by atoms with Crippen molar-refractivity contribution >= 4 is 34.7 Å². The van der Waals surface area contributed by atoms with Crippen molar-refractivity contribution in [3.8, 4) is 0 Å². The van der Waals surface area contributed by atoms with E-state index < -0.39 is 0 Å². The van der Waals surface area contributed by atoms with Crippen molar-refractivity contribution in [2.24, 2.45) is 0 Å². The molecule has 1 heterocycles. The zero-order chi connectivity index (χ0) is 18.5. The maximum atomic E-state index is 11.1. The van der Waals surface area contributed by atoms with E-state index in [4.69, 9.17) is 0 Å². The second-order valence-electron chi connectivity index (χ2n) is 6.09. The van der Waals surface area contributed by atoms with Gasteiger partial charge in [0.1, 0.15) is 5.82 Å². The average molecular weight is 347 g/mol. The van der Waals surface area contributed by atoms with Crippen molar-refractivity contribution in [1.82, 2.24) is 9.97 Å². The summed E-state index contributed by atoms with van der Waals surface area (Å²) in [5.74, 6) is 1.13. The summed E-state index contributed by atoms with van der Waals surface area (Å²) in [6.07, 6.45) is 0. The fourth-order valence-corrected chi connectivity index (χ4v) is 2.44. The van der Waals surface area contributed by atoms with Gasteiger partial charge in [-0.1, -0.05) is 17.7 Å². The van der Waals surface area contributed by atoms with Gasteiger partial charge in [-0.15, -0.1) is 0 Å². The first kappa shape index (κ1) is 17.4. The summed E-state index contributed by atoms with van der Waals surface area (Å²) in [6, 6.07) is 17.4. The van der Waals surface area contributed by atoms with Gasteiger partial charge in [-0.25, -0.2) is 4.98 Å². The van der Waals surface area contributed by atoms with Gasteiger partial charge in [0.05, 0.1) is 0 Å². The molecule has 3 N–H and O–H groups in total. The Hall–Kier alpha value is -3.41. The lowest BCUT2D eigenvalue weighted by atomic mass is 10.2. The molecule has 2 aromatic carbocycles. The third-order valence-corrected chi connectivity index (χ3v) is 3.64. The highest BCUT2D eigenvalue weighted by Gasteiger charge is 2.04. The van der Waals surface area contributed by atoms with Crippen molar-refractivity contribution in [1.29, 1.82) is 0 Å². The molecule has 0 aliphatic carbocycles. The van der Waals surface area contributed by atoms with Crippen LogP contribution in [-0.2, 0) is 4.79 Å². The number of aromatic nitrogens is 2. The van der Waals surface area contributed by atoms with E-state index in [1.165, 1.54) is 12.5 Å². The lowest BCUT2D eigenvalue weighted by Gasteiger charge is -2.11. The predicted octanol–water partition coefficient (Wildman–Crippen LogP) is 4.54. The molecule has 0 radical (unpaired) electrons. The van der Waals surface area contributed by atoms with Gasteiger partial charge in [0, 0.05) is 35.7 Å². The fourth-order valence-electron chi connectivity index (χ4n) is 2.44. The van der Waals surface area contributed by atoms with Crippen LogP contribution in [0.15, 0.2) is 54.6 Å². The Morgan fingerprint density at radius 2 is 1.38 bits per heavy atom. The van der Waals surface area contributed by atoms with Crippen molar-refractivity contribution in [3.05, 3.63) is 65.9 Å². The molecule has 0 atom stereocenters. The minimum Gasteiger partial charge on any atom is -0.340 e. The zero-order valence-corrected chi connectivity index (χ0v) is 15.0. The molecule has 0 fully saturated rings. The lowest BCUT2D eigenvalue weighted by molar-refractivity contribution is -0.114. The molecular weight excluding hydrogens is 326 g/mol. The summed E-state index contributed by atoms with van der Waals surface area (Å²) in [7, 11) is 0. The molecule has 0 saturated carbocycles. The molecule has 132 valence electrons. The van der Waals surface area contributed by atoms with Crippen molar-refractivity contribution in [2.45, 2.75) is 20.8 Å². The van der Waals surface area contributed by atoms with Crippen LogP contribution in [0.1, 0.15) is 18.2 Å². The van der Waals surface area contributed by atoms with Crippen LogP contribution in [0.2, 0.25) is 0 Å². The molecule has 26 heavy (non-hydrogen) atoms. The zero-order valence-electron chi connectivity index (χ0n) is 15.0. The number of rotatable bonds is 5. The molecule has 0 spiro atoms. The van der Waals surface area contributed by atoms with Crippen molar-refractivity contribution in [2.75, 3.05) is 16.0 Å². The molecule has 1 aromatic heterocycles. The van der Waals surface area contributed by atoms with Crippen LogP contribution in [0.25, 0.3) is 0 Å². The first-order chi connectivity index (χ1) is 12.5. The summed E-state index contributed by atoms with van der Waals surface area (Å²) in [6.45, 7) is 5.46. The first-order valence-electron chi connectivity index (χ1n) is 8.32. The van der Waals surface area contributed by atoms with Crippen LogP contribution < -0.4 is 16.0 Å². The Morgan fingerprint density at radius 1 is 0.808 bits per heavy atom. The number of carbonyl (C=O) groups is 1. The van der Waals surface area contributed by atoms with Gasteiger partial charge in [-0.05, 0) is 50.2 Å². The normalized spacial score (nSPS) is 10.3. The molecule has 1 amide bonds. The highest BCUT2D eigenvalue weighted by Crippen LogP contribution is 2.21. The molecule has 6 nitrogen and oxygen atoms in total. The van der Waals surface area contributed by atoms with Gasteiger partial charge in [0.15, 0.2) is 0 Å². The van der Waals surface area contributed by atoms with Crippen molar-refractivity contribution in [3.63, 3.8) is 0 Å². The van der Waals surface area contributed by atoms with Crippen molar-refractivity contribution < 1.29 is 4.79 Å². The van der Waals surface area contributed by atoms with Crippen LogP contribution in [0.3, 0.4) is 0 Å². The highest BCUT2D eigenvalue weighted by molar-refractivity contribution is 5.88. The molecule has 6 heteroatoms. The van der Waals surface area contributed by atoms with Gasteiger partial charge in [-0.2, -0.15) is 4.98 Å². The number of anilines is 5. The molecule has 0 saturated heterocycles. The summed E-state index contributed by atoms with van der Waals surface area (Å²) in [5.41, 5.74) is 4.62. The molecule has 0 unspecified atom stereocenters. The first-order valence-corrected chi connectivity index (χ1v) is 8.32. The van der Waals surface area contributed by atoms with E-state index in [0.717, 1.165) is 22.8 Å². The number of carbonyl (C=O) groups excluding carboxylic acids is 1. The van der Waals surface area contributed by atoms with E-state index in [-0.39, 0.29) is 5.91 Å². The average Bonchev–Trinajstić information content (AvgIpc) is 2.58. The molecule has 0 aliphatic rings. The van der Waals surface area contributed by atoms with Crippen LogP contribution >= 0.6 is 0 Å². The molecule has 0 aliphatic heterocycles. The largest absolute Gasteiger partial charge is 0.340 e. The smallest absolute Gasteiger partial charge is 0.229 e. The second-order valence-corrected chi connectivity index (χ2v) is 6.09. The minimum atomic E-state index is -0.0936. The van der Waals surface area contributed by atoms with E-state index in [1.54, 1.807) is 0 Å². The fraction of sp³-hybridized carbons (Fsp3) is 0.150. The number of benzene rings is 2. The third-order valence-electron chi connectivity index (χ3n) is 3.64. The van der Waals surface area contributed by atoms with Crippen LogP contribution in [0.4, 0.5) is 28.8 Å². The highest BCUT2D eigenvalue weighted by atomic mass is 16.1. The molecule has 0 bridgehead atoms. The monoisotopic (exact) mass is 347 g/mol. The minimum absolute atomic E-state index is 0.0936. The number of nitrogens with zero attached hydrogens (tertiary/aromatic N) is 2. The van der Waals surface area contributed by atoms with Gasteiger partial charge in [0.2, 0.25) is 11.9 Å². The number of nitrogens with one attached hydrogen (secondary N) is 3. The topological polar surface area (TPSA) is 78.9 Å². The maximum absolute atomic E-state index is 11.1. The van der Waals surface area contributed by atoms with Crippen LogP contribution in [0, 0.1) is 13.8 Å². The Bertz CT molecular complexity index is 904. The van der Waals surface area contributed by atoms with Gasteiger partial charge in [0.25, 0.3) is 0 Å². The quantitative estimate of drug-likeness (QED) is 0.631. The lowest BCUT2D eigenvalue weighted by Crippen LogP contribution is -2.05. The maximum Gasteiger partial charge on any atom is 0.229 e. The molecular formula is C20H21N5O. The van der Waals surface area contributed by atoms with Gasteiger partial charge >= 0.3 is 0 Å². The Balaban J connectivity index is 1.74. The van der Waals surface area contributed by atoms with Crippen LogP contribution in [-0.4, -0.2) is 15.9 Å². The summed E-state index contributed by atoms with van der Waals surface area (Å²) < 4.78 is 0. The third kappa shape index (κ3) is 4.80.